The number of halogens is 3. The van der Waals surface area contributed by atoms with E-state index in [0.29, 0.717) is 32.5 Å². The van der Waals surface area contributed by atoms with Crippen LogP contribution in [0.1, 0.15) is 65.6 Å². The molecule has 1 saturated heterocycles. The van der Waals surface area contributed by atoms with Gasteiger partial charge in [-0.2, -0.15) is 13.2 Å². The molecule has 3 aromatic carbocycles. The first-order valence-electron chi connectivity index (χ1n) is 14.5. The second kappa shape index (κ2) is 10.9. The molecule has 0 aromatic heterocycles. The lowest BCUT2D eigenvalue weighted by Gasteiger charge is -2.39. The van der Waals surface area contributed by atoms with Crippen molar-refractivity contribution in [2.24, 2.45) is 0 Å². The molecule has 1 fully saturated rings. The highest BCUT2D eigenvalue weighted by Crippen LogP contribution is 2.50. The van der Waals surface area contributed by atoms with E-state index in [1.807, 2.05) is 78.6 Å². The van der Waals surface area contributed by atoms with Crippen LogP contribution in [0, 0.1) is 0 Å². The fourth-order valence-electron chi connectivity index (χ4n) is 6.78. The SMILES string of the molecule is CCCCN(CC(F)(F)F)C(=O)C1c2ccccc2-c2cccc(N3CCC(N4Cc5ccccc5C4=O)CC3)c21. The van der Waals surface area contributed by atoms with Gasteiger partial charge in [0.15, 0.2) is 0 Å². The molecule has 0 bridgehead atoms. The molecule has 1 aliphatic carbocycles. The third-order valence-corrected chi connectivity index (χ3v) is 8.74. The number of carbonyl (C=O) groups excluding carboxylic acids is 2. The van der Waals surface area contributed by atoms with E-state index in [1.165, 1.54) is 0 Å². The van der Waals surface area contributed by atoms with Crippen LogP contribution in [0.25, 0.3) is 11.1 Å². The van der Waals surface area contributed by atoms with E-state index in [9.17, 15) is 22.8 Å². The van der Waals surface area contributed by atoms with Crippen molar-refractivity contribution in [1.82, 2.24) is 9.80 Å². The predicted octanol–water partition coefficient (Wildman–Crippen LogP) is 6.61. The Morgan fingerprint density at radius 1 is 0.927 bits per heavy atom. The number of nitrogens with zero attached hydrogens (tertiary/aromatic N) is 3. The molecular weight excluding hydrogens is 527 g/mol. The Morgan fingerprint density at radius 2 is 1.61 bits per heavy atom. The summed E-state index contributed by atoms with van der Waals surface area (Å²) in [5.74, 6) is -1.20. The number of anilines is 1. The average Bonchev–Trinajstić information content (AvgIpc) is 3.49. The molecule has 2 amide bonds. The van der Waals surface area contributed by atoms with Gasteiger partial charge in [-0.25, -0.2) is 0 Å². The Hall–Kier alpha value is -3.81. The highest BCUT2D eigenvalue weighted by atomic mass is 19.4. The van der Waals surface area contributed by atoms with Gasteiger partial charge in [0.05, 0.1) is 5.92 Å². The summed E-state index contributed by atoms with van der Waals surface area (Å²) in [5.41, 5.74) is 6.11. The molecule has 0 saturated carbocycles. The summed E-state index contributed by atoms with van der Waals surface area (Å²) in [7, 11) is 0. The third-order valence-electron chi connectivity index (χ3n) is 8.74. The average molecular weight is 562 g/mol. The highest BCUT2D eigenvalue weighted by molar-refractivity contribution is 5.99. The molecule has 0 spiro atoms. The summed E-state index contributed by atoms with van der Waals surface area (Å²) in [6.07, 6.45) is -1.70. The number of hydrogen-bond donors (Lipinski definition) is 0. The molecule has 0 radical (unpaired) electrons. The van der Waals surface area contributed by atoms with E-state index in [-0.39, 0.29) is 18.5 Å². The van der Waals surface area contributed by atoms with E-state index in [1.54, 1.807) is 0 Å². The van der Waals surface area contributed by atoms with Crippen LogP contribution in [0.5, 0.6) is 0 Å². The molecule has 6 rings (SSSR count). The van der Waals surface area contributed by atoms with Crippen molar-refractivity contribution in [1.29, 1.82) is 0 Å². The van der Waals surface area contributed by atoms with Gasteiger partial charge in [-0.3, -0.25) is 9.59 Å². The fraction of sp³-hybridized carbons (Fsp3) is 0.394. The standard InChI is InChI=1S/C33H34F3N3O2/c1-2-3-17-38(21-33(34,35)36)32(41)30-27-12-7-6-11-25(27)26-13-8-14-28(29(26)30)37-18-15-23(16-19-37)39-20-22-9-4-5-10-24(22)31(39)40/h4-14,23,30H,2-3,15-21H2,1H3. The molecule has 5 nitrogen and oxygen atoms in total. The van der Waals surface area contributed by atoms with Crippen molar-refractivity contribution in [3.63, 3.8) is 0 Å². The quantitative estimate of drug-likeness (QED) is 0.326. The van der Waals surface area contributed by atoms with E-state index >= 15 is 0 Å². The molecule has 1 unspecified atom stereocenters. The normalized spacial score (nSPS) is 18.3. The summed E-state index contributed by atoms with van der Waals surface area (Å²) in [6, 6.07) is 21.4. The number of amides is 2. The zero-order chi connectivity index (χ0) is 28.7. The highest BCUT2D eigenvalue weighted by Gasteiger charge is 2.42. The van der Waals surface area contributed by atoms with Gasteiger partial charge in [-0.15, -0.1) is 0 Å². The van der Waals surface area contributed by atoms with E-state index in [2.05, 4.69) is 4.90 Å². The lowest BCUT2D eigenvalue weighted by Crippen LogP contribution is -2.45. The van der Waals surface area contributed by atoms with Crippen LogP contribution in [0.15, 0.2) is 66.7 Å². The Kier molecular flexibility index (Phi) is 7.26. The zero-order valence-corrected chi connectivity index (χ0v) is 23.2. The topological polar surface area (TPSA) is 43.9 Å². The maximum Gasteiger partial charge on any atom is 0.406 e. The number of benzene rings is 3. The summed E-state index contributed by atoms with van der Waals surface area (Å²) in [6.45, 7) is 2.75. The Bertz CT molecular complexity index is 1460. The monoisotopic (exact) mass is 561 g/mol. The zero-order valence-electron chi connectivity index (χ0n) is 23.2. The molecule has 3 aromatic rings. The van der Waals surface area contributed by atoms with Crippen LogP contribution in [0.2, 0.25) is 0 Å². The maximum atomic E-state index is 14.0. The van der Waals surface area contributed by atoms with Crippen LogP contribution < -0.4 is 4.90 Å². The van der Waals surface area contributed by atoms with Crippen molar-refractivity contribution >= 4 is 17.5 Å². The summed E-state index contributed by atoms with van der Waals surface area (Å²) in [5, 5.41) is 0. The molecule has 8 heteroatoms. The number of rotatable bonds is 7. The minimum absolute atomic E-state index is 0.0721. The molecule has 2 aliphatic heterocycles. The van der Waals surface area contributed by atoms with Crippen molar-refractivity contribution < 1.29 is 22.8 Å². The number of hydrogen-bond acceptors (Lipinski definition) is 3. The minimum Gasteiger partial charge on any atom is -0.371 e. The summed E-state index contributed by atoms with van der Waals surface area (Å²) >= 11 is 0. The van der Waals surface area contributed by atoms with Crippen LogP contribution >= 0.6 is 0 Å². The number of alkyl halides is 3. The molecule has 2 heterocycles. The number of unbranched alkanes of at least 4 members (excludes halogenated alkanes) is 1. The Labute approximate surface area is 238 Å². The molecule has 214 valence electrons. The van der Waals surface area contributed by atoms with Crippen molar-refractivity contribution in [2.45, 2.75) is 57.3 Å². The molecule has 41 heavy (non-hydrogen) atoms. The molecule has 1 atom stereocenters. The Morgan fingerprint density at radius 3 is 2.32 bits per heavy atom. The van der Waals surface area contributed by atoms with Gasteiger partial charge >= 0.3 is 6.18 Å². The van der Waals surface area contributed by atoms with Gasteiger partial charge in [0.1, 0.15) is 6.54 Å². The molecular formula is C33H34F3N3O2. The predicted molar refractivity (Wildman–Crippen MR) is 153 cm³/mol. The van der Waals surface area contributed by atoms with Gasteiger partial charge in [-0.05, 0) is 53.6 Å². The van der Waals surface area contributed by atoms with Gasteiger partial charge < -0.3 is 14.7 Å². The van der Waals surface area contributed by atoms with E-state index < -0.39 is 24.5 Å². The molecule has 3 aliphatic rings. The van der Waals surface area contributed by atoms with Crippen molar-refractivity contribution in [3.8, 4) is 11.1 Å². The lowest BCUT2D eigenvalue weighted by molar-refractivity contribution is -0.161. The Balaban J connectivity index is 1.29. The second-order valence-electron chi connectivity index (χ2n) is 11.3. The fourth-order valence-corrected chi connectivity index (χ4v) is 6.78. The van der Waals surface area contributed by atoms with Crippen molar-refractivity contribution in [3.05, 3.63) is 89.0 Å². The smallest absolute Gasteiger partial charge is 0.371 e. The second-order valence-corrected chi connectivity index (χ2v) is 11.3. The van der Waals surface area contributed by atoms with Gasteiger partial charge in [0, 0.05) is 49.0 Å². The van der Waals surface area contributed by atoms with Gasteiger partial charge in [-0.1, -0.05) is 67.9 Å². The third kappa shape index (κ3) is 5.09. The number of piperidine rings is 1. The first-order chi connectivity index (χ1) is 19.8. The summed E-state index contributed by atoms with van der Waals surface area (Å²) < 4.78 is 40.8. The van der Waals surface area contributed by atoms with Crippen LogP contribution in [0.3, 0.4) is 0 Å². The van der Waals surface area contributed by atoms with Crippen LogP contribution in [-0.4, -0.2) is 60.0 Å². The van der Waals surface area contributed by atoms with E-state index in [0.717, 1.165) is 56.8 Å². The van der Waals surface area contributed by atoms with E-state index in [4.69, 9.17) is 0 Å². The first-order valence-corrected chi connectivity index (χ1v) is 14.5. The van der Waals surface area contributed by atoms with Crippen LogP contribution in [-0.2, 0) is 11.3 Å². The largest absolute Gasteiger partial charge is 0.406 e. The summed E-state index contributed by atoms with van der Waals surface area (Å²) in [4.78, 5) is 32.3. The number of fused-ring (bicyclic) bond motifs is 4. The molecule has 0 N–H and O–H groups in total. The lowest BCUT2D eigenvalue weighted by atomic mass is 9.92. The van der Waals surface area contributed by atoms with Crippen LogP contribution in [0.4, 0.5) is 18.9 Å². The van der Waals surface area contributed by atoms with Crippen molar-refractivity contribution in [2.75, 3.05) is 31.1 Å². The minimum atomic E-state index is -4.47. The number of carbonyl (C=O) groups is 2. The van der Waals surface area contributed by atoms with Gasteiger partial charge in [0.2, 0.25) is 5.91 Å². The van der Waals surface area contributed by atoms with Gasteiger partial charge in [0.25, 0.3) is 5.91 Å². The maximum absolute atomic E-state index is 14.0. The first kappa shape index (κ1) is 27.4.